The number of hydrogen-bond acceptors (Lipinski definition) is 2. The van der Waals surface area contributed by atoms with Gasteiger partial charge >= 0.3 is 0 Å². The van der Waals surface area contributed by atoms with Gasteiger partial charge in [-0.15, -0.1) is 0 Å². The molecule has 0 unspecified atom stereocenters. The van der Waals surface area contributed by atoms with E-state index in [0.717, 1.165) is 18.5 Å². The Morgan fingerprint density at radius 1 is 0.857 bits per heavy atom. The van der Waals surface area contributed by atoms with E-state index in [1.54, 1.807) is 0 Å². The lowest BCUT2D eigenvalue weighted by Crippen LogP contribution is -2.12. The molecule has 0 amide bonds. The van der Waals surface area contributed by atoms with Crippen molar-refractivity contribution >= 4 is 10.8 Å². The van der Waals surface area contributed by atoms with Crippen molar-refractivity contribution in [3.63, 3.8) is 0 Å². The second kappa shape index (κ2) is 6.27. The molecule has 1 aliphatic carbocycles. The highest BCUT2D eigenvalue weighted by Crippen LogP contribution is 2.40. The molecule has 0 saturated carbocycles. The van der Waals surface area contributed by atoms with E-state index >= 15 is 0 Å². The van der Waals surface area contributed by atoms with Gasteiger partial charge in [0.1, 0.15) is 0 Å². The van der Waals surface area contributed by atoms with Crippen molar-refractivity contribution < 1.29 is 0 Å². The van der Waals surface area contributed by atoms with Crippen LogP contribution in [-0.4, -0.2) is 9.97 Å². The first kappa shape index (κ1) is 17.1. The van der Waals surface area contributed by atoms with Gasteiger partial charge in [-0.1, -0.05) is 45.0 Å². The van der Waals surface area contributed by atoms with Crippen LogP contribution < -0.4 is 0 Å². The third-order valence-electron chi connectivity index (χ3n) is 5.84. The fraction of sp³-hybridized carbons (Fsp3) is 0.231. The van der Waals surface area contributed by atoms with Crippen molar-refractivity contribution in [3.8, 4) is 22.4 Å². The minimum Gasteiger partial charge on any atom is -0.264 e. The molecule has 0 aliphatic heterocycles. The van der Waals surface area contributed by atoms with Crippen LogP contribution in [0.15, 0.2) is 67.1 Å². The van der Waals surface area contributed by atoms with Gasteiger partial charge in [-0.25, -0.2) is 0 Å². The standard InChI is InChI=1S/C26H24N2/c1-26(2,3)24-15-19(14-18-6-4-5-7-20(18)24)25-22-9-8-17-10-12-27-16-23(17)21(22)11-13-28-25/h4-7,10-16H,8-9H2,1-3H3. The van der Waals surface area contributed by atoms with Gasteiger partial charge in [-0.3, -0.25) is 9.97 Å². The first-order valence-electron chi connectivity index (χ1n) is 9.97. The maximum Gasteiger partial charge on any atom is 0.0740 e. The fourth-order valence-electron chi connectivity index (χ4n) is 4.46. The third kappa shape index (κ3) is 2.72. The largest absolute Gasteiger partial charge is 0.264 e. The van der Waals surface area contributed by atoms with E-state index in [0.29, 0.717) is 0 Å². The lowest BCUT2D eigenvalue weighted by Gasteiger charge is -2.25. The molecule has 2 nitrogen and oxygen atoms in total. The first-order valence-corrected chi connectivity index (χ1v) is 9.97. The highest BCUT2D eigenvalue weighted by molar-refractivity contribution is 5.92. The van der Waals surface area contributed by atoms with E-state index in [4.69, 9.17) is 4.98 Å². The molecule has 0 fully saturated rings. The van der Waals surface area contributed by atoms with E-state index in [1.807, 2.05) is 18.6 Å². The molecule has 2 aromatic heterocycles. The number of aryl methyl sites for hydroxylation is 1. The summed E-state index contributed by atoms with van der Waals surface area (Å²) in [6.07, 6.45) is 7.90. The Bertz CT molecular complexity index is 1200. The Balaban J connectivity index is 1.77. The number of hydrogen-bond donors (Lipinski definition) is 0. The fourth-order valence-corrected chi connectivity index (χ4v) is 4.46. The van der Waals surface area contributed by atoms with Crippen molar-refractivity contribution in [3.05, 3.63) is 83.8 Å². The van der Waals surface area contributed by atoms with E-state index < -0.39 is 0 Å². The second-order valence-corrected chi connectivity index (χ2v) is 8.71. The summed E-state index contributed by atoms with van der Waals surface area (Å²) >= 11 is 0. The second-order valence-electron chi connectivity index (χ2n) is 8.71. The SMILES string of the molecule is CC(C)(C)c1cc(-c2nccc3c2CCc2ccncc2-3)cc2ccccc12. The molecule has 5 rings (SSSR count). The Labute approximate surface area is 166 Å². The Kier molecular flexibility index (Phi) is 3.83. The summed E-state index contributed by atoms with van der Waals surface area (Å²) in [6, 6.07) is 17.6. The van der Waals surface area contributed by atoms with Gasteiger partial charge in [-0.05, 0) is 75.5 Å². The van der Waals surface area contributed by atoms with E-state index in [1.165, 1.54) is 44.2 Å². The number of nitrogens with zero attached hydrogens (tertiary/aromatic N) is 2. The van der Waals surface area contributed by atoms with Crippen LogP contribution in [0, 0.1) is 0 Å². The number of fused-ring (bicyclic) bond motifs is 4. The number of aromatic nitrogens is 2. The minimum atomic E-state index is 0.0704. The molecule has 138 valence electrons. The molecule has 0 N–H and O–H groups in total. The van der Waals surface area contributed by atoms with Crippen molar-refractivity contribution in [1.29, 1.82) is 0 Å². The van der Waals surface area contributed by atoms with Crippen LogP contribution in [0.3, 0.4) is 0 Å². The lowest BCUT2D eigenvalue weighted by molar-refractivity contribution is 0.596. The van der Waals surface area contributed by atoms with Gasteiger partial charge in [0.2, 0.25) is 0 Å². The normalized spacial score (nSPS) is 13.2. The third-order valence-corrected chi connectivity index (χ3v) is 5.84. The van der Waals surface area contributed by atoms with Crippen LogP contribution in [0.25, 0.3) is 33.2 Å². The highest BCUT2D eigenvalue weighted by Gasteiger charge is 2.23. The maximum absolute atomic E-state index is 4.84. The Hall–Kier alpha value is -3.00. The van der Waals surface area contributed by atoms with Crippen molar-refractivity contribution in [2.75, 3.05) is 0 Å². The van der Waals surface area contributed by atoms with Gasteiger partial charge < -0.3 is 0 Å². The molecule has 0 saturated heterocycles. The molecular weight excluding hydrogens is 340 g/mol. The van der Waals surface area contributed by atoms with Crippen LogP contribution in [0.1, 0.15) is 37.5 Å². The van der Waals surface area contributed by atoms with Gasteiger partial charge in [0, 0.05) is 29.7 Å². The molecule has 0 spiro atoms. The predicted octanol–water partition coefficient (Wildman–Crippen LogP) is 6.36. The van der Waals surface area contributed by atoms with Crippen molar-refractivity contribution in [1.82, 2.24) is 9.97 Å². The van der Waals surface area contributed by atoms with Crippen LogP contribution in [0.5, 0.6) is 0 Å². The number of benzene rings is 2. The molecule has 0 atom stereocenters. The molecule has 4 aromatic rings. The zero-order chi connectivity index (χ0) is 19.3. The first-order chi connectivity index (χ1) is 13.5. The highest BCUT2D eigenvalue weighted by atomic mass is 14.7. The summed E-state index contributed by atoms with van der Waals surface area (Å²) in [5.41, 5.74) is 9.04. The maximum atomic E-state index is 4.84. The van der Waals surface area contributed by atoms with Crippen LogP contribution in [0.4, 0.5) is 0 Å². The minimum absolute atomic E-state index is 0.0704. The molecule has 0 radical (unpaired) electrons. The van der Waals surface area contributed by atoms with E-state index in [9.17, 15) is 0 Å². The molecular formula is C26H24N2. The topological polar surface area (TPSA) is 25.8 Å². The summed E-state index contributed by atoms with van der Waals surface area (Å²) in [7, 11) is 0. The lowest BCUT2D eigenvalue weighted by atomic mass is 9.80. The van der Waals surface area contributed by atoms with Crippen LogP contribution >= 0.6 is 0 Å². The molecule has 1 aliphatic rings. The van der Waals surface area contributed by atoms with Gasteiger partial charge in [0.25, 0.3) is 0 Å². The Morgan fingerprint density at radius 3 is 2.57 bits per heavy atom. The summed E-state index contributed by atoms with van der Waals surface area (Å²) in [5, 5.41) is 2.61. The molecule has 0 bridgehead atoms. The van der Waals surface area contributed by atoms with Gasteiger partial charge in [-0.2, -0.15) is 0 Å². The van der Waals surface area contributed by atoms with E-state index in [-0.39, 0.29) is 5.41 Å². The predicted molar refractivity (Wildman–Crippen MR) is 117 cm³/mol. The average molecular weight is 364 g/mol. The monoisotopic (exact) mass is 364 g/mol. The Morgan fingerprint density at radius 2 is 1.71 bits per heavy atom. The summed E-state index contributed by atoms with van der Waals surface area (Å²) < 4.78 is 0. The van der Waals surface area contributed by atoms with E-state index in [2.05, 4.69) is 74.3 Å². The zero-order valence-electron chi connectivity index (χ0n) is 16.7. The molecule has 2 heteroatoms. The number of pyridine rings is 2. The molecule has 28 heavy (non-hydrogen) atoms. The average Bonchev–Trinajstić information content (AvgIpc) is 2.71. The quantitative estimate of drug-likeness (QED) is 0.393. The van der Waals surface area contributed by atoms with Crippen LogP contribution in [0.2, 0.25) is 0 Å². The number of rotatable bonds is 1. The molecule has 2 aromatic carbocycles. The summed E-state index contributed by atoms with van der Waals surface area (Å²) in [6.45, 7) is 6.86. The smallest absolute Gasteiger partial charge is 0.0740 e. The van der Waals surface area contributed by atoms with Crippen molar-refractivity contribution in [2.45, 2.75) is 39.0 Å². The summed E-state index contributed by atoms with van der Waals surface area (Å²) in [4.78, 5) is 9.21. The van der Waals surface area contributed by atoms with Gasteiger partial charge in [0.05, 0.1) is 5.69 Å². The van der Waals surface area contributed by atoms with Crippen molar-refractivity contribution in [2.24, 2.45) is 0 Å². The molecule has 2 heterocycles. The summed E-state index contributed by atoms with van der Waals surface area (Å²) in [5.74, 6) is 0. The van der Waals surface area contributed by atoms with Crippen LogP contribution in [-0.2, 0) is 18.3 Å². The van der Waals surface area contributed by atoms with Gasteiger partial charge in [0.15, 0.2) is 0 Å². The zero-order valence-corrected chi connectivity index (χ0v) is 16.7.